The SMILES string of the molecule is COc1ccccc1-c1[nH]nc(N)c1C(C)C. The average Bonchev–Trinajstić information content (AvgIpc) is 2.71. The Balaban J connectivity index is 2.60. The average molecular weight is 231 g/mol. The fraction of sp³-hybridized carbons (Fsp3) is 0.308. The Morgan fingerprint density at radius 2 is 2.00 bits per heavy atom. The Morgan fingerprint density at radius 1 is 1.29 bits per heavy atom. The molecule has 0 amide bonds. The van der Waals surface area contributed by atoms with E-state index in [0.29, 0.717) is 11.7 Å². The lowest BCUT2D eigenvalue weighted by molar-refractivity contribution is 0.416. The van der Waals surface area contributed by atoms with Crippen molar-refractivity contribution in [2.75, 3.05) is 12.8 Å². The van der Waals surface area contributed by atoms with E-state index in [1.165, 1.54) is 0 Å². The van der Waals surface area contributed by atoms with Gasteiger partial charge in [0.05, 0.1) is 12.8 Å². The largest absolute Gasteiger partial charge is 0.496 e. The van der Waals surface area contributed by atoms with E-state index < -0.39 is 0 Å². The number of aromatic amines is 1. The molecule has 2 rings (SSSR count). The number of nitrogens with two attached hydrogens (primary N) is 1. The van der Waals surface area contributed by atoms with Gasteiger partial charge in [0.25, 0.3) is 0 Å². The molecule has 0 atom stereocenters. The Labute approximate surface area is 101 Å². The van der Waals surface area contributed by atoms with E-state index in [2.05, 4.69) is 24.0 Å². The lowest BCUT2D eigenvalue weighted by Crippen LogP contribution is -1.96. The topological polar surface area (TPSA) is 63.9 Å². The maximum absolute atomic E-state index is 5.89. The van der Waals surface area contributed by atoms with Crippen LogP contribution in [0.25, 0.3) is 11.3 Å². The molecule has 3 N–H and O–H groups in total. The standard InChI is InChI=1S/C13H17N3O/c1-8(2)11-12(15-16-13(11)14)9-6-4-5-7-10(9)17-3/h4-8H,1-3H3,(H3,14,15,16). The number of nitrogens with zero attached hydrogens (tertiary/aromatic N) is 1. The third-order valence-corrected chi connectivity index (χ3v) is 2.79. The Morgan fingerprint density at radius 3 is 2.65 bits per heavy atom. The summed E-state index contributed by atoms with van der Waals surface area (Å²) in [6.07, 6.45) is 0. The highest BCUT2D eigenvalue weighted by Gasteiger charge is 2.17. The van der Waals surface area contributed by atoms with Gasteiger partial charge in [-0.3, -0.25) is 5.10 Å². The number of nitrogen functional groups attached to an aromatic ring is 1. The van der Waals surface area contributed by atoms with Crippen LogP contribution in [-0.2, 0) is 0 Å². The second kappa shape index (κ2) is 4.49. The molecule has 0 spiro atoms. The van der Waals surface area contributed by atoms with Crippen molar-refractivity contribution in [2.45, 2.75) is 19.8 Å². The first kappa shape index (κ1) is 11.5. The second-order valence-electron chi connectivity index (χ2n) is 4.25. The van der Waals surface area contributed by atoms with E-state index in [4.69, 9.17) is 10.5 Å². The summed E-state index contributed by atoms with van der Waals surface area (Å²) in [6, 6.07) is 7.84. The number of ether oxygens (including phenoxy) is 1. The Hall–Kier alpha value is -1.97. The van der Waals surface area contributed by atoms with Crippen molar-refractivity contribution in [1.82, 2.24) is 10.2 Å². The van der Waals surface area contributed by atoms with Gasteiger partial charge >= 0.3 is 0 Å². The molecule has 0 unspecified atom stereocenters. The number of methoxy groups -OCH3 is 1. The number of para-hydroxylation sites is 1. The third kappa shape index (κ3) is 1.98. The van der Waals surface area contributed by atoms with Crippen LogP contribution in [0.2, 0.25) is 0 Å². The first-order chi connectivity index (χ1) is 8.15. The van der Waals surface area contributed by atoms with Crippen molar-refractivity contribution < 1.29 is 4.74 Å². The van der Waals surface area contributed by atoms with Gasteiger partial charge in [0.2, 0.25) is 0 Å². The number of hydrogen-bond donors (Lipinski definition) is 2. The highest BCUT2D eigenvalue weighted by atomic mass is 16.5. The minimum atomic E-state index is 0.314. The number of anilines is 1. The van der Waals surface area contributed by atoms with Gasteiger partial charge in [0.1, 0.15) is 11.6 Å². The van der Waals surface area contributed by atoms with Crippen LogP contribution in [0.15, 0.2) is 24.3 Å². The monoisotopic (exact) mass is 231 g/mol. The van der Waals surface area contributed by atoms with Gasteiger partial charge in [-0.2, -0.15) is 5.10 Å². The lowest BCUT2D eigenvalue weighted by atomic mass is 9.98. The van der Waals surface area contributed by atoms with Crippen LogP contribution in [0.1, 0.15) is 25.3 Å². The summed E-state index contributed by atoms with van der Waals surface area (Å²) in [7, 11) is 1.66. The molecule has 90 valence electrons. The molecule has 0 aliphatic carbocycles. The second-order valence-corrected chi connectivity index (χ2v) is 4.25. The smallest absolute Gasteiger partial charge is 0.149 e. The Kier molecular flexibility index (Phi) is 3.04. The number of hydrogen-bond acceptors (Lipinski definition) is 3. The zero-order valence-corrected chi connectivity index (χ0v) is 10.3. The van der Waals surface area contributed by atoms with Gasteiger partial charge in [0.15, 0.2) is 0 Å². The van der Waals surface area contributed by atoms with Crippen molar-refractivity contribution in [3.8, 4) is 17.0 Å². The highest BCUT2D eigenvalue weighted by molar-refractivity contribution is 5.73. The number of benzene rings is 1. The fourth-order valence-electron chi connectivity index (χ4n) is 2.01. The molecular weight excluding hydrogens is 214 g/mol. The molecule has 0 radical (unpaired) electrons. The van der Waals surface area contributed by atoms with Crippen LogP contribution >= 0.6 is 0 Å². The summed E-state index contributed by atoms with van der Waals surface area (Å²) in [5, 5.41) is 7.08. The molecule has 0 fully saturated rings. The predicted octanol–water partition coefficient (Wildman–Crippen LogP) is 2.79. The zero-order chi connectivity index (χ0) is 12.4. The molecule has 1 heterocycles. The molecule has 1 aromatic heterocycles. The van der Waals surface area contributed by atoms with Gasteiger partial charge < -0.3 is 10.5 Å². The Bertz CT molecular complexity index is 517. The van der Waals surface area contributed by atoms with Crippen LogP contribution in [-0.4, -0.2) is 17.3 Å². The summed E-state index contributed by atoms with van der Waals surface area (Å²) >= 11 is 0. The normalized spacial score (nSPS) is 10.8. The molecular formula is C13H17N3O. The molecule has 4 heteroatoms. The summed E-state index contributed by atoms with van der Waals surface area (Å²) < 4.78 is 5.36. The zero-order valence-electron chi connectivity index (χ0n) is 10.3. The van der Waals surface area contributed by atoms with Crippen molar-refractivity contribution in [1.29, 1.82) is 0 Å². The molecule has 17 heavy (non-hydrogen) atoms. The van der Waals surface area contributed by atoms with Crippen molar-refractivity contribution >= 4 is 5.82 Å². The quantitative estimate of drug-likeness (QED) is 0.853. The van der Waals surface area contributed by atoms with E-state index >= 15 is 0 Å². The number of H-pyrrole nitrogens is 1. The van der Waals surface area contributed by atoms with Crippen LogP contribution in [0, 0.1) is 0 Å². The lowest BCUT2D eigenvalue weighted by Gasteiger charge is -2.10. The van der Waals surface area contributed by atoms with Gasteiger partial charge in [-0.1, -0.05) is 26.0 Å². The fourth-order valence-corrected chi connectivity index (χ4v) is 2.01. The van der Waals surface area contributed by atoms with Crippen molar-refractivity contribution in [3.05, 3.63) is 29.8 Å². The highest BCUT2D eigenvalue weighted by Crippen LogP contribution is 2.36. The molecule has 0 aliphatic heterocycles. The molecule has 0 saturated heterocycles. The number of aromatic nitrogens is 2. The summed E-state index contributed by atoms with van der Waals surface area (Å²) in [4.78, 5) is 0. The minimum absolute atomic E-state index is 0.314. The third-order valence-electron chi connectivity index (χ3n) is 2.79. The van der Waals surface area contributed by atoms with E-state index in [-0.39, 0.29) is 0 Å². The van der Waals surface area contributed by atoms with Gasteiger partial charge in [-0.25, -0.2) is 0 Å². The van der Waals surface area contributed by atoms with Crippen LogP contribution in [0.4, 0.5) is 5.82 Å². The van der Waals surface area contributed by atoms with E-state index in [0.717, 1.165) is 22.6 Å². The van der Waals surface area contributed by atoms with Gasteiger partial charge in [0, 0.05) is 11.1 Å². The maximum atomic E-state index is 5.89. The van der Waals surface area contributed by atoms with Crippen molar-refractivity contribution in [3.63, 3.8) is 0 Å². The molecule has 2 aromatic rings. The molecule has 0 saturated carbocycles. The van der Waals surface area contributed by atoms with Crippen LogP contribution in [0.3, 0.4) is 0 Å². The molecule has 4 nitrogen and oxygen atoms in total. The number of nitrogens with one attached hydrogen (secondary N) is 1. The maximum Gasteiger partial charge on any atom is 0.149 e. The summed E-state index contributed by atoms with van der Waals surface area (Å²) in [5.41, 5.74) is 8.85. The first-order valence-electron chi connectivity index (χ1n) is 5.62. The van der Waals surface area contributed by atoms with E-state index in [9.17, 15) is 0 Å². The minimum Gasteiger partial charge on any atom is -0.496 e. The molecule has 1 aromatic carbocycles. The van der Waals surface area contributed by atoms with E-state index in [1.54, 1.807) is 7.11 Å². The first-order valence-corrected chi connectivity index (χ1v) is 5.62. The van der Waals surface area contributed by atoms with Gasteiger partial charge in [-0.15, -0.1) is 0 Å². The molecule has 0 aliphatic rings. The van der Waals surface area contributed by atoms with Crippen molar-refractivity contribution in [2.24, 2.45) is 0 Å². The molecule has 0 bridgehead atoms. The predicted molar refractivity (Wildman–Crippen MR) is 69.1 cm³/mol. The van der Waals surface area contributed by atoms with Gasteiger partial charge in [-0.05, 0) is 18.1 Å². The summed E-state index contributed by atoms with van der Waals surface area (Å²) in [5.74, 6) is 1.69. The van der Waals surface area contributed by atoms with E-state index in [1.807, 2.05) is 24.3 Å². The van der Waals surface area contributed by atoms with Crippen LogP contribution < -0.4 is 10.5 Å². The van der Waals surface area contributed by atoms with Crippen LogP contribution in [0.5, 0.6) is 5.75 Å². The number of rotatable bonds is 3. The summed E-state index contributed by atoms with van der Waals surface area (Å²) in [6.45, 7) is 4.19.